The van der Waals surface area contributed by atoms with E-state index < -0.39 is 35.8 Å². The molecule has 2 amide bonds. The number of carboxylic acid groups (broad SMARTS) is 2. The van der Waals surface area contributed by atoms with Crippen LogP contribution < -0.4 is 0 Å². The molecule has 8 nitrogen and oxygen atoms in total. The molecule has 1 heterocycles. The summed E-state index contributed by atoms with van der Waals surface area (Å²) in [5.74, 6) is -3.31. The lowest BCUT2D eigenvalue weighted by Crippen LogP contribution is -2.51. The third kappa shape index (κ3) is 3.41. The zero-order valence-electron chi connectivity index (χ0n) is 11.1. The van der Waals surface area contributed by atoms with Gasteiger partial charge in [0, 0.05) is 25.2 Å². The van der Waals surface area contributed by atoms with Crippen LogP contribution in [0, 0.1) is 0 Å². The fourth-order valence-electron chi connectivity index (χ4n) is 1.87. The number of carboxylic acids is 2. The Morgan fingerprint density at radius 3 is 1.85 bits per heavy atom. The Balaban J connectivity index is 2.75. The van der Waals surface area contributed by atoms with Crippen molar-refractivity contribution in [3.05, 3.63) is 12.2 Å². The standard InChI is InChI=1S/C12H16N2O6/c1-7(11(17)18)13(8(2)12(19)20)5-6-14-9(15)3-4-10(14)16/h3-4,7-8H,5-6H2,1-2H3,(H,17,18)(H,19,20). The molecule has 1 rings (SSSR count). The van der Waals surface area contributed by atoms with Crippen molar-refractivity contribution in [3.63, 3.8) is 0 Å². The van der Waals surface area contributed by atoms with Gasteiger partial charge in [0.2, 0.25) is 0 Å². The van der Waals surface area contributed by atoms with Crippen LogP contribution in [0.25, 0.3) is 0 Å². The molecule has 8 heteroatoms. The molecule has 0 bridgehead atoms. The highest BCUT2D eigenvalue weighted by Crippen LogP contribution is 2.09. The summed E-state index contributed by atoms with van der Waals surface area (Å²) >= 11 is 0. The van der Waals surface area contributed by atoms with E-state index in [9.17, 15) is 19.2 Å². The molecule has 110 valence electrons. The maximum Gasteiger partial charge on any atom is 0.320 e. The number of aliphatic carboxylic acids is 2. The Labute approximate surface area is 115 Å². The molecule has 0 radical (unpaired) electrons. The highest BCUT2D eigenvalue weighted by atomic mass is 16.4. The number of nitrogens with zero attached hydrogens (tertiary/aromatic N) is 2. The van der Waals surface area contributed by atoms with E-state index in [1.54, 1.807) is 0 Å². The van der Waals surface area contributed by atoms with E-state index in [1.165, 1.54) is 18.7 Å². The van der Waals surface area contributed by atoms with E-state index in [0.717, 1.165) is 17.1 Å². The van der Waals surface area contributed by atoms with Crippen LogP contribution in [-0.2, 0) is 19.2 Å². The molecule has 0 aromatic heterocycles. The second-order valence-electron chi connectivity index (χ2n) is 4.43. The van der Waals surface area contributed by atoms with Gasteiger partial charge in [0.05, 0.1) is 0 Å². The van der Waals surface area contributed by atoms with Gasteiger partial charge >= 0.3 is 11.9 Å². The van der Waals surface area contributed by atoms with Gasteiger partial charge in [0.1, 0.15) is 12.1 Å². The van der Waals surface area contributed by atoms with Crippen molar-refractivity contribution in [1.29, 1.82) is 0 Å². The highest BCUT2D eigenvalue weighted by Gasteiger charge is 2.31. The molecule has 2 N–H and O–H groups in total. The second kappa shape index (κ2) is 6.29. The van der Waals surface area contributed by atoms with E-state index in [4.69, 9.17) is 10.2 Å². The smallest absolute Gasteiger partial charge is 0.320 e. The van der Waals surface area contributed by atoms with E-state index >= 15 is 0 Å². The molecular formula is C12H16N2O6. The zero-order valence-corrected chi connectivity index (χ0v) is 11.1. The molecule has 0 saturated heterocycles. The summed E-state index contributed by atoms with van der Waals surface area (Å²) in [5, 5.41) is 18.0. The van der Waals surface area contributed by atoms with Crippen molar-refractivity contribution in [1.82, 2.24) is 9.80 Å². The van der Waals surface area contributed by atoms with Crippen LogP contribution in [0.4, 0.5) is 0 Å². The molecule has 2 atom stereocenters. The Bertz CT molecular complexity index is 435. The Hall–Kier alpha value is -2.22. The van der Waals surface area contributed by atoms with Crippen molar-refractivity contribution in [3.8, 4) is 0 Å². The van der Waals surface area contributed by atoms with E-state index in [-0.39, 0.29) is 13.1 Å². The van der Waals surface area contributed by atoms with Crippen LogP contribution in [0.2, 0.25) is 0 Å². The maximum absolute atomic E-state index is 11.4. The van der Waals surface area contributed by atoms with Crippen LogP contribution >= 0.6 is 0 Å². The minimum atomic E-state index is -1.17. The van der Waals surface area contributed by atoms with Gasteiger partial charge in [-0.3, -0.25) is 29.0 Å². The number of amides is 2. The lowest BCUT2D eigenvalue weighted by atomic mass is 10.2. The van der Waals surface area contributed by atoms with Crippen molar-refractivity contribution in [2.24, 2.45) is 0 Å². The monoisotopic (exact) mass is 284 g/mol. The van der Waals surface area contributed by atoms with Crippen molar-refractivity contribution in [2.75, 3.05) is 13.1 Å². The van der Waals surface area contributed by atoms with Crippen molar-refractivity contribution in [2.45, 2.75) is 25.9 Å². The molecule has 0 aromatic carbocycles. The summed E-state index contributed by atoms with van der Waals surface area (Å²) in [5.41, 5.74) is 0. The number of carbonyl (C=O) groups excluding carboxylic acids is 2. The molecule has 0 aromatic rings. The quantitative estimate of drug-likeness (QED) is 0.585. The molecule has 0 aliphatic carbocycles. The fourth-order valence-corrected chi connectivity index (χ4v) is 1.87. The average Bonchev–Trinajstić information content (AvgIpc) is 2.69. The van der Waals surface area contributed by atoms with Gasteiger partial charge in [-0.1, -0.05) is 0 Å². The number of rotatable bonds is 7. The SMILES string of the molecule is CC(C(=O)O)N(CCN1C(=O)C=CC1=O)C(C)C(=O)O. The lowest BCUT2D eigenvalue weighted by Gasteiger charge is -2.30. The van der Waals surface area contributed by atoms with Gasteiger partial charge in [0.15, 0.2) is 0 Å². The summed E-state index contributed by atoms with van der Waals surface area (Å²) in [6, 6.07) is -2.08. The van der Waals surface area contributed by atoms with Crippen LogP contribution in [0.3, 0.4) is 0 Å². The molecule has 1 aliphatic heterocycles. The number of carbonyl (C=O) groups is 4. The topological polar surface area (TPSA) is 115 Å². The summed E-state index contributed by atoms with van der Waals surface area (Å²) in [7, 11) is 0. The summed E-state index contributed by atoms with van der Waals surface area (Å²) in [6.45, 7) is 2.63. The Kier molecular flexibility index (Phi) is 4.98. The first-order valence-corrected chi connectivity index (χ1v) is 6.00. The molecule has 0 fully saturated rings. The van der Waals surface area contributed by atoms with Crippen LogP contribution in [-0.4, -0.2) is 68.9 Å². The Morgan fingerprint density at radius 1 is 1.10 bits per heavy atom. The minimum Gasteiger partial charge on any atom is -0.480 e. The van der Waals surface area contributed by atoms with Crippen molar-refractivity contribution < 1.29 is 29.4 Å². The molecular weight excluding hydrogens is 268 g/mol. The third-order valence-corrected chi connectivity index (χ3v) is 3.19. The van der Waals surface area contributed by atoms with E-state index in [1.807, 2.05) is 0 Å². The third-order valence-electron chi connectivity index (χ3n) is 3.19. The first-order chi connectivity index (χ1) is 9.25. The molecule has 0 spiro atoms. The predicted octanol–water partition coefficient (Wildman–Crippen LogP) is -0.840. The molecule has 2 unspecified atom stereocenters. The van der Waals surface area contributed by atoms with Gasteiger partial charge in [0.25, 0.3) is 11.8 Å². The largest absolute Gasteiger partial charge is 0.480 e. The molecule has 20 heavy (non-hydrogen) atoms. The predicted molar refractivity (Wildman–Crippen MR) is 66.8 cm³/mol. The average molecular weight is 284 g/mol. The first-order valence-electron chi connectivity index (χ1n) is 6.00. The van der Waals surface area contributed by atoms with Gasteiger partial charge in [-0.2, -0.15) is 0 Å². The van der Waals surface area contributed by atoms with E-state index in [2.05, 4.69) is 0 Å². The Morgan fingerprint density at radius 2 is 1.50 bits per heavy atom. The van der Waals surface area contributed by atoms with Crippen LogP contribution in [0.1, 0.15) is 13.8 Å². The van der Waals surface area contributed by atoms with Gasteiger partial charge in [-0.25, -0.2) is 0 Å². The number of hydrogen-bond donors (Lipinski definition) is 2. The van der Waals surface area contributed by atoms with Gasteiger partial charge in [-0.15, -0.1) is 0 Å². The van der Waals surface area contributed by atoms with E-state index in [0.29, 0.717) is 0 Å². The highest BCUT2D eigenvalue weighted by molar-refractivity contribution is 6.12. The lowest BCUT2D eigenvalue weighted by molar-refractivity contribution is -0.149. The molecule has 0 saturated carbocycles. The second-order valence-corrected chi connectivity index (χ2v) is 4.43. The summed E-state index contributed by atoms with van der Waals surface area (Å²) in [6.07, 6.45) is 2.24. The number of imide groups is 1. The first kappa shape index (κ1) is 15.8. The van der Waals surface area contributed by atoms with Crippen LogP contribution in [0.5, 0.6) is 0 Å². The maximum atomic E-state index is 11.4. The minimum absolute atomic E-state index is 0.0277. The molecule has 1 aliphatic rings. The van der Waals surface area contributed by atoms with Gasteiger partial charge < -0.3 is 10.2 Å². The fraction of sp³-hybridized carbons (Fsp3) is 0.500. The number of hydrogen-bond acceptors (Lipinski definition) is 5. The normalized spacial score (nSPS) is 17.6. The summed E-state index contributed by atoms with van der Waals surface area (Å²) < 4.78 is 0. The van der Waals surface area contributed by atoms with Crippen molar-refractivity contribution >= 4 is 23.8 Å². The summed E-state index contributed by atoms with van der Waals surface area (Å²) in [4.78, 5) is 46.9. The zero-order chi connectivity index (χ0) is 15.4. The van der Waals surface area contributed by atoms with Gasteiger partial charge in [-0.05, 0) is 13.8 Å². The van der Waals surface area contributed by atoms with Crippen LogP contribution in [0.15, 0.2) is 12.2 Å².